The Balaban J connectivity index is 1.61. The quantitative estimate of drug-likeness (QED) is 0.621. The molecule has 1 amide bonds. The van der Waals surface area contributed by atoms with Crippen LogP contribution in [0.2, 0.25) is 0 Å². The number of nitrogens with zero attached hydrogens (tertiary/aromatic N) is 1. The van der Waals surface area contributed by atoms with Crippen LogP contribution in [-0.2, 0) is 6.54 Å². The van der Waals surface area contributed by atoms with Gasteiger partial charge in [-0.25, -0.2) is 13.2 Å². The fourth-order valence-corrected chi connectivity index (χ4v) is 3.41. The molecule has 8 heteroatoms. The van der Waals surface area contributed by atoms with Gasteiger partial charge in [0.1, 0.15) is 29.0 Å². The highest BCUT2D eigenvalue weighted by Crippen LogP contribution is 2.32. The molecule has 1 unspecified atom stereocenters. The molecule has 160 valence electrons. The van der Waals surface area contributed by atoms with E-state index in [9.17, 15) is 23.1 Å². The molecule has 0 saturated heterocycles. The summed E-state index contributed by atoms with van der Waals surface area (Å²) in [7, 11) is 0. The van der Waals surface area contributed by atoms with Gasteiger partial charge in [-0.3, -0.25) is 4.79 Å². The highest BCUT2D eigenvalue weighted by atomic mass is 19.1. The average molecular weight is 428 g/mol. The maximum Gasteiger partial charge on any atom is 0.254 e. The number of fused-ring (bicyclic) bond motifs is 1. The number of anilines is 1. The number of hydrogen-bond donors (Lipinski definition) is 2. The molecule has 0 radical (unpaired) electrons. The molecule has 0 bridgehead atoms. The Morgan fingerprint density at radius 3 is 2.48 bits per heavy atom. The van der Waals surface area contributed by atoms with Crippen molar-refractivity contribution in [2.75, 3.05) is 11.6 Å². The van der Waals surface area contributed by atoms with Gasteiger partial charge in [0.2, 0.25) is 0 Å². The number of carbonyl (C=O) groups is 1. The van der Waals surface area contributed by atoms with Crippen LogP contribution in [0.4, 0.5) is 18.9 Å². The number of amides is 1. The number of halogens is 3. The summed E-state index contributed by atoms with van der Waals surface area (Å²) in [6.45, 7) is 1.49. The van der Waals surface area contributed by atoms with Gasteiger partial charge in [-0.2, -0.15) is 0 Å². The van der Waals surface area contributed by atoms with Crippen molar-refractivity contribution in [2.24, 2.45) is 0 Å². The van der Waals surface area contributed by atoms with Crippen molar-refractivity contribution in [3.63, 3.8) is 0 Å². The van der Waals surface area contributed by atoms with Gasteiger partial charge in [0.05, 0.1) is 30.6 Å². The molecule has 1 heterocycles. The molecular weight excluding hydrogens is 409 g/mol. The van der Waals surface area contributed by atoms with Gasteiger partial charge in [-0.15, -0.1) is 0 Å². The number of carbonyl (C=O) groups excluding carboxylic acids is 1. The normalized spacial score (nSPS) is 14.1. The molecule has 5 nitrogen and oxygen atoms in total. The third-order valence-corrected chi connectivity index (χ3v) is 5.01. The lowest BCUT2D eigenvalue weighted by atomic mass is 10.1. The topological polar surface area (TPSA) is 61.8 Å². The summed E-state index contributed by atoms with van der Waals surface area (Å²) < 4.78 is 47.2. The molecule has 0 aromatic heterocycles. The van der Waals surface area contributed by atoms with Crippen LogP contribution in [0, 0.1) is 17.5 Å². The molecule has 0 fully saturated rings. The van der Waals surface area contributed by atoms with E-state index < -0.39 is 23.6 Å². The summed E-state index contributed by atoms with van der Waals surface area (Å²) in [6.07, 6.45) is -0.654. The van der Waals surface area contributed by atoms with Crippen LogP contribution in [0.1, 0.15) is 34.5 Å². The third-order valence-electron chi connectivity index (χ3n) is 5.01. The lowest BCUT2D eigenvalue weighted by Crippen LogP contribution is -2.43. The first-order valence-electron chi connectivity index (χ1n) is 9.58. The minimum Gasteiger partial charge on any atom is -0.457 e. The first-order valence-corrected chi connectivity index (χ1v) is 9.58. The highest BCUT2D eigenvalue weighted by Gasteiger charge is 2.25. The predicted octanol–water partition coefficient (Wildman–Crippen LogP) is 4.66. The summed E-state index contributed by atoms with van der Waals surface area (Å²) in [5.74, 6) is -2.45. The van der Waals surface area contributed by atoms with Gasteiger partial charge in [0, 0.05) is 17.7 Å². The van der Waals surface area contributed by atoms with E-state index >= 15 is 0 Å². The Morgan fingerprint density at radius 1 is 1.06 bits per heavy atom. The Morgan fingerprint density at radius 2 is 1.77 bits per heavy atom. The highest BCUT2D eigenvalue weighted by molar-refractivity contribution is 6.02. The molecule has 0 spiro atoms. The summed E-state index contributed by atoms with van der Waals surface area (Å²) in [5, 5.41) is 12.4. The monoisotopic (exact) mass is 428 g/mol. The van der Waals surface area contributed by atoms with Gasteiger partial charge >= 0.3 is 0 Å². The Bertz CT molecular complexity index is 1130. The van der Waals surface area contributed by atoms with Gasteiger partial charge in [-0.05, 0) is 42.8 Å². The first kappa shape index (κ1) is 20.7. The zero-order chi connectivity index (χ0) is 22.1. The summed E-state index contributed by atoms with van der Waals surface area (Å²) in [5.41, 5.74) is 1.14. The molecule has 1 aliphatic rings. The van der Waals surface area contributed by atoms with E-state index in [1.165, 1.54) is 6.07 Å². The van der Waals surface area contributed by atoms with Crippen LogP contribution in [0.15, 0.2) is 54.6 Å². The average Bonchev–Trinajstić information content (AvgIpc) is 2.72. The third kappa shape index (κ3) is 4.34. The van der Waals surface area contributed by atoms with Crippen LogP contribution in [0.25, 0.3) is 0 Å². The van der Waals surface area contributed by atoms with E-state index in [1.54, 1.807) is 48.2 Å². The number of aliphatic hydroxyl groups is 1. The largest absolute Gasteiger partial charge is 0.457 e. The number of nitrogens with one attached hydrogen (secondary N) is 1. The van der Waals surface area contributed by atoms with E-state index in [0.29, 0.717) is 34.9 Å². The van der Waals surface area contributed by atoms with Crippen molar-refractivity contribution >= 4 is 11.6 Å². The van der Waals surface area contributed by atoms with Crippen molar-refractivity contribution in [3.05, 3.63) is 88.7 Å². The number of hydrogen-bond acceptors (Lipinski definition) is 4. The lowest BCUT2D eigenvalue weighted by Gasteiger charge is -2.31. The summed E-state index contributed by atoms with van der Waals surface area (Å²) in [6, 6.07) is 13.0. The number of ether oxygens (including phenoxy) is 1. The van der Waals surface area contributed by atoms with Gasteiger partial charge in [-0.1, -0.05) is 12.1 Å². The van der Waals surface area contributed by atoms with Gasteiger partial charge < -0.3 is 20.1 Å². The second-order valence-electron chi connectivity index (χ2n) is 7.24. The smallest absolute Gasteiger partial charge is 0.254 e. The Labute approximate surface area is 176 Å². The van der Waals surface area contributed by atoms with E-state index in [2.05, 4.69) is 5.32 Å². The Hall–Kier alpha value is -3.52. The molecule has 4 rings (SSSR count). The first-order chi connectivity index (χ1) is 14.8. The minimum atomic E-state index is -0.993. The molecule has 1 atom stereocenters. The SMILES string of the molecule is CC(O)c1cccc(Oc2ccc3c(c2)C(=O)NCN3Cc2c(F)cc(F)cc2F)c1. The summed E-state index contributed by atoms with van der Waals surface area (Å²) in [4.78, 5) is 14.0. The molecule has 3 aromatic carbocycles. The van der Waals surface area contributed by atoms with Crippen LogP contribution < -0.4 is 15.0 Å². The molecule has 0 saturated carbocycles. The molecule has 1 aliphatic heterocycles. The molecule has 3 aromatic rings. The van der Waals surface area contributed by atoms with Gasteiger partial charge in [0.25, 0.3) is 5.91 Å². The van der Waals surface area contributed by atoms with Crippen molar-refractivity contribution in [2.45, 2.75) is 19.6 Å². The predicted molar refractivity (Wildman–Crippen MR) is 108 cm³/mol. The van der Waals surface area contributed by atoms with Crippen LogP contribution in [0.3, 0.4) is 0 Å². The van der Waals surface area contributed by atoms with E-state index in [-0.39, 0.29) is 30.2 Å². The molecule has 2 N–H and O–H groups in total. The van der Waals surface area contributed by atoms with E-state index in [1.807, 2.05) is 0 Å². The second kappa shape index (κ2) is 8.31. The maximum atomic E-state index is 14.1. The fourth-order valence-electron chi connectivity index (χ4n) is 3.41. The van der Waals surface area contributed by atoms with Crippen molar-refractivity contribution in [1.82, 2.24) is 5.32 Å². The minimum absolute atomic E-state index is 0.0404. The fraction of sp³-hybridized carbons (Fsp3) is 0.174. The molecular formula is C23H19F3N2O3. The van der Waals surface area contributed by atoms with E-state index in [0.717, 1.165) is 0 Å². The maximum absolute atomic E-state index is 14.1. The number of aliphatic hydroxyl groups excluding tert-OH is 1. The van der Waals surface area contributed by atoms with Gasteiger partial charge in [0.15, 0.2) is 0 Å². The molecule has 31 heavy (non-hydrogen) atoms. The Kier molecular flexibility index (Phi) is 5.56. The van der Waals surface area contributed by atoms with Crippen molar-refractivity contribution in [3.8, 4) is 11.5 Å². The van der Waals surface area contributed by atoms with Crippen LogP contribution >= 0.6 is 0 Å². The van der Waals surface area contributed by atoms with Crippen LogP contribution in [0.5, 0.6) is 11.5 Å². The zero-order valence-corrected chi connectivity index (χ0v) is 16.5. The number of rotatable bonds is 5. The van der Waals surface area contributed by atoms with Crippen molar-refractivity contribution < 1.29 is 27.8 Å². The lowest BCUT2D eigenvalue weighted by molar-refractivity contribution is 0.0947. The van der Waals surface area contributed by atoms with Crippen molar-refractivity contribution in [1.29, 1.82) is 0 Å². The van der Waals surface area contributed by atoms with E-state index in [4.69, 9.17) is 4.74 Å². The zero-order valence-electron chi connectivity index (χ0n) is 16.5. The standard InChI is InChI=1S/C23H19F3N2O3/c1-13(29)14-3-2-4-16(7-14)31-17-5-6-22-18(10-17)23(30)27-12-28(22)11-19-20(25)8-15(24)9-21(19)26/h2-10,13,29H,11-12H2,1H3,(H,27,30). The second-order valence-corrected chi connectivity index (χ2v) is 7.24. The number of benzene rings is 3. The summed E-state index contributed by atoms with van der Waals surface area (Å²) >= 11 is 0. The van der Waals surface area contributed by atoms with Crippen LogP contribution in [-0.4, -0.2) is 17.7 Å². The molecule has 0 aliphatic carbocycles.